The van der Waals surface area contributed by atoms with E-state index in [4.69, 9.17) is 5.11 Å². The van der Waals surface area contributed by atoms with Crippen LogP contribution in [0.3, 0.4) is 0 Å². The van der Waals surface area contributed by atoms with Crippen LogP contribution in [-0.4, -0.2) is 24.5 Å². The largest absolute Gasteiger partial charge is 0.396 e. The van der Waals surface area contributed by atoms with Crippen molar-refractivity contribution in [3.8, 4) is 0 Å². The summed E-state index contributed by atoms with van der Waals surface area (Å²) >= 11 is 0. The summed E-state index contributed by atoms with van der Waals surface area (Å²) in [5.41, 5.74) is 3.36. The number of anilines is 1. The van der Waals surface area contributed by atoms with Crippen LogP contribution in [0.2, 0.25) is 0 Å². The summed E-state index contributed by atoms with van der Waals surface area (Å²) in [5.74, 6) is 0.517. The fourth-order valence-corrected chi connectivity index (χ4v) is 1.72. The minimum atomic E-state index is 0.197. The van der Waals surface area contributed by atoms with Gasteiger partial charge in [-0.2, -0.15) is 5.10 Å². The molecule has 1 rings (SSSR count). The molecule has 0 heterocycles. The van der Waals surface area contributed by atoms with Gasteiger partial charge in [0.05, 0.1) is 5.69 Å². The van der Waals surface area contributed by atoms with Gasteiger partial charge in [0.15, 0.2) is 0 Å². The van der Waals surface area contributed by atoms with Crippen LogP contribution in [-0.2, 0) is 0 Å². The molecule has 3 heteroatoms. The van der Waals surface area contributed by atoms with Gasteiger partial charge in [-0.05, 0) is 31.9 Å². The molecule has 2 atom stereocenters. The van der Waals surface area contributed by atoms with Crippen molar-refractivity contribution >= 4 is 11.4 Å². The molecular formula is C15H24N2O. The topological polar surface area (TPSA) is 35.8 Å². The second kappa shape index (κ2) is 6.55. The van der Waals surface area contributed by atoms with Gasteiger partial charge in [0, 0.05) is 25.3 Å². The van der Waals surface area contributed by atoms with Crippen LogP contribution in [0.4, 0.5) is 5.69 Å². The van der Waals surface area contributed by atoms with E-state index < -0.39 is 0 Å². The smallest absolute Gasteiger partial charge is 0.0590 e. The fourth-order valence-electron chi connectivity index (χ4n) is 1.72. The number of rotatable bonds is 5. The molecule has 18 heavy (non-hydrogen) atoms. The number of aliphatic hydroxyl groups is 1. The zero-order valence-corrected chi connectivity index (χ0v) is 12.0. The Labute approximate surface area is 110 Å². The Hall–Kier alpha value is -1.35. The monoisotopic (exact) mass is 248 g/mol. The first kappa shape index (κ1) is 14.7. The van der Waals surface area contributed by atoms with E-state index in [1.165, 1.54) is 5.56 Å². The zero-order chi connectivity index (χ0) is 13.7. The van der Waals surface area contributed by atoms with Gasteiger partial charge in [0.2, 0.25) is 0 Å². The average Bonchev–Trinajstić information content (AvgIpc) is 2.37. The molecule has 100 valence electrons. The highest BCUT2D eigenvalue weighted by atomic mass is 16.3. The molecule has 1 aromatic carbocycles. The van der Waals surface area contributed by atoms with Crippen molar-refractivity contribution in [1.29, 1.82) is 0 Å². The van der Waals surface area contributed by atoms with Crippen molar-refractivity contribution in [2.75, 3.05) is 18.7 Å². The van der Waals surface area contributed by atoms with Gasteiger partial charge < -0.3 is 5.11 Å². The normalized spacial score (nSPS) is 15.3. The molecule has 2 unspecified atom stereocenters. The molecule has 0 fully saturated rings. The predicted molar refractivity (Wildman–Crippen MR) is 78.1 cm³/mol. The van der Waals surface area contributed by atoms with E-state index in [1.54, 1.807) is 0 Å². The summed E-state index contributed by atoms with van der Waals surface area (Å²) in [5, 5.41) is 15.6. The second-order valence-corrected chi connectivity index (χ2v) is 5.05. The fraction of sp³-hybridized carbons (Fsp3) is 0.533. The van der Waals surface area contributed by atoms with Crippen LogP contribution in [0.5, 0.6) is 0 Å². The van der Waals surface area contributed by atoms with Crippen LogP contribution in [0.15, 0.2) is 29.4 Å². The van der Waals surface area contributed by atoms with Crippen molar-refractivity contribution in [2.24, 2.45) is 16.9 Å². The molecule has 3 nitrogen and oxygen atoms in total. The summed E-state index contributed by atoms with van der Waals surface area (Å²) in [6, 6.07) is 8.28. The van der Waals surface area contributed by atoms with E-state index in [9.17, 15) is 0 Å². The van der Waals surface area contributed by atoms with Gasteiger partial charge in [-0.1, -0.05) is 31.5 Å². The number of hydrogen-bond donors (Lipinski definition) is 1. The van der Waals surface area contributed by atoms with Crippen molar-refractivity contribution in [2.45, 2.75) is 27.7 Å². The first-order chi connectivity index (χ1) is 8.45. The summed E-state index contributed by atoms with van der Waals surface area (Å²) < 4.78 is 0. The maximum absolute atomic E-state index is 9.17. The third kappa shape index (κ3) is 3.84. The molecular weight excluding hydrogens is 224 g/mol. The van der Waals surface area contributed by atoms with Crippen LogP contribution in [0.1, 0.15) is 26.3 Å². The van der Waals surface area contributed by atoms with Gasteiger partial charge >= 0.3 is 0 Å². The quantitative estimate of drug-likeness (QED) is 0.642. The molecule has 1 aromatic rings. The standard InChI is InChI=1S/C15H24N2O/c1-11-6-8-15(9-7-11)17(5)16-14(4)13(3)12(2)10-18/h6-9,12-13,18H,10H2,1-5H3/b16-14-. The van der Waals surface area contributed by atoms with E-state index in [-0.39, 0.29) is 18.4 Å². The van der Waals surface area contributed by atoms with Gasteiger partial charge in [0.25, 0.3) is 0 Å². The molecule has 0 aliphatic rings. The lowest BCUT2D eigenvalue weighted by atomic mass is 9.93. The Kier molecular flexibility index (Phi) is 5.35. The van der Waals surface area contributed by atoms with E-state index in [2.05, 4.69) is 43.2 Å². The lowest BCUT2D eigenvalue weighted by Crippen LogP contribution is -2.22. The van der Waals surface area contributed by atoms with Crippen molar-refractivity contribution < 1.29 is 5.11 Å². The molecule has 0 saturated heterocycles. The number of hydrogen-bond acceptors (Lipinski definition) is 3. The Bertz CT molecular complexity index is 397. The Morgan fingerprint density at radius 3 is 2.33 bits per heavy atom. The summed E-state index contributed by atoms with van der Waals surface area (Å²) in [4.78, 5) is 0. The van der Waals surface area contributed by atoms with Crippen molar-refractivity contribution in [1.82, 2.24) is 0 Å². The molecule has 1 N–H and O–H groups in total. The van der Waals surface area contributed by atoms with E-state index in [0.717, 1.165) is 11.4 Å². The third-order valence-electron chi connectivity index (χ3n) is 3.52. The SMILES string of the molecule is C/C(=N/N(C)c1ccc(C)cc1)C(C)C(C)CO. The summed E-state index contributed by atoms with van der Waals surface area (Å²) in [6.07, 6.45) is 0. The van der Waals surface area contributed by atoms with Crippen LogP contribution in [0, 0.1) is 18.8 Å². The minimum absolute atomic E-state index is 0.197. The van der Waals surface area contributed by atoms with Gasteiger partial charge in [-0.25, -0.2) is 0 Å². The lowest BCUT2D eigenvalue weighted by molar-refractivity contribution is 0.218. The summed E-state index contributed by atoms with van der Waals surface area (Å²) in [7, 11) is 1.95. The molecule has 0 aromatic heterocycles. The number of aryl methyl sites for hydroxylation is 1. The second-order valence-electron chi connectivity index (χ2n) is 5.05. The van der Waals surface area contributed by atoms with Crippen LogP contribution >= 0.6 is 0 Å². The Morgan fingerprint density at radius 2 is 1.83 bits per heavy atom. The number of nitrogens with zero attached hydrogens (tertiary/aromatic N) is 2. The van der Waals surface area contributed by atoms with E-state index in [1.807, 2.05) is 25.9 Å². The highest BCUT2D eigenvalue weighted by Gasteiger charge is 2.14. The Morgan fingerprint density at radius 1 is 1.28 bits per heavy atom. The number of hydrazone groups is 1. The minimum Gasteiger partial charge on any atom is -0.396 e. The molecule has 0 spiro atoms. The van der Waals surface area contributed by atoms with Crippen molar-refractivity contribution in [3.63, 3.8) is 0 Å². The molecule has 0 saturated carbocycles. The molecule has 0 radical (unpaired) electrons. The molecule has 0 amide bonds. The highest BCUT2D eigenvalue weighted by Crippen LogP contribution is 2.17. The number of aliphatic hydroxyl groups excluding tert-OH is 1. The van der Waals surface area contributed by atoms with E-state index >= 15 is 0 Å². The lowest BCUT2D eigenvalue weighted by Gasteiger charge is -2.21. The maximum atomic E-state index is 9.17. The predicted octanol–water partition coefficient (Wildman–Crippen LogP) is 3.07. The van der Waals surface area contributed by atoms with Crippen molar-refractivity contribution in [3.05, 3.63) is 29.8 Å². The third-order valence-corrected chi connectivity index (χ3v) is 3.52. The first-order valence-corrected chi connectivity index (χ1v) is 6.42. The van der Waals surface area contributed by atoms with Gasteiger partial charge in [-0.15, -0.1) is 0 Å². The van der Waals surface area contributed by atoms with Crippen LogP contribution < -0.4 is 5.01 Å². The van der Waals surface area contributed by atoms with Crippen LogP contribution in [0.25, 0.3) is 0 Å². The molecule has 0 aliphatic heterocycles. The van der Waals surface area contributed by atoms with Gasteiger partial charge in [0.1, 0.15) is 0 Å². The molecule has 0 bridgehead atoms. The molecule has 0 aliphatic carbocycles. The van der Waals surface area contributed by atoms with Gasteiger partial charge in [-0.3, -0.25) is 5.01 Å². The maximum Gasteiger partial charge on any atom is 0.0590 e. The zero-order valence-electron chi connectivity index (χ0n) is 12.0. The average molecular weight is 248 g/mol. The Balaban J connectivity index is 2.78. The van der Waals surface area contributed by atoms with E-state index in [0.29, 0.717) is 0 Å². The highest BCUT2D eigenvalue weighted by molar-refractivity contribution is 5.85. The summed E-state index contributed by atoms with van der Waals surface area (Å²) in [6.45, 7) is 8.42. The first-order valence-electron chi connectivity index (χ1n) is 6.42. The number of benzene rings is 1.